The molecule has 21 heavy (non-hydrogen) atoms. The predicted molar refractivity (Wildman–Crippen MR) is 79.2 cm³/mol. The van der Waals surface area contributed by atoms with Gasteiger partial charge in [0.05, 0.1) is 18.6 Å². The largest absolute Gasteiger partial charge is 0.469 e. The molecule has 1 atom stereocenters. The van der Waals surface area contributed by atoms with Crippen LogP contribution in [0.2, 0.25) is 0 Å². The van der Waals surface area contributed by atoms with E-state index in [9.17, 15) is 9.59 Å². The van der Waals surface area contributed by atoms with Crippen LogP contribution >= 0.6 is 0 Å². The molecule has 0 spiro atoms. The van der Waals surface area contributed by atoms with E-state index in [0.717, 1.165) is 25.2 Å². The van der Waals surface area contributed by atoms with Crippen LogP contribution in [-0.2, 0) is 9.53 Å². The Kier molecular flexibility index (Phi) is 4.77. The van der Waals surface area contributed by atoms with Crippen LogP contribution in [0, 0.1) is 5.92 Å². The van der Waals surface area contributed by atoms with Crippen molar-refractivity contribution >= 4 is 17.7 Å². The monoisotopic (exact) mass is 291 g/mol. The van der Waals surface area contributed by atoms with E-state index >= 15 is 0 Å². The van der Waals surface area contributed by atoms with Gasteiger partial charge in [-0.15, -0.1) is 0 Å². The molecule has 0 aliphatic carbocycles. The van der Waals surface area contributed by atoms with Crippen LogP contribution < -0.4 is 4.90 Å². The number of carbonyl (C=O) groups is 2. The molecule has 1 amide bonds. The van der Waals surface area contributed by atoms with E-state index in [1.807, 2.05) is 6.07 Å². The Bertz CT molecular complexity index is 513. The predicted octanol–water partition coefficient (Wildman–Crippen LogP) is 1.17. The summed E-state index contributed by atoms with van der Waals surface area (Å²) in [4.78, 5) is 31.4. The van der Waals surface area contributed by atoms with Crippen LogP contribution in [-0.4, -0.2) is 56.1 Å². The third kappa shape index (κ3) is 3.51. The van der Waals surface area contributed by atoms with Crippen molar-refractivity contribution in [3.63, 3.8) is 0 Å². The average molecular weight is 291 g/mol. The molecule has 0 bridgehead atoms. The van der Waals surface area contributed by atoms with Crippen LogP contribution in [0.3, 0.4) is 0 Å². The number of pyridine rings is 1. The molecule has 6 heteroatoms. The molecule has 2 heterocycles. The zero-order valence-corrected chi connectivity index (χ0v) is 12.7. The molecule has 114 valence electrons. The number of anilines is 1. The van der Waals surface area contributed by atoms with E-state index in [-0.39, 0.29) is 17.8 Å². The molecular formula is C15H21N3O3. The van der Waals surface area contributed by atoms with Gasteiger partial charge in [0.1, 0.15) is 5.82 Å². The van der Waals surface area contributed by atoms with Crippen molar-refractivity contribution in [2.24, 2.45) is 5.92 Å². The Morgan fingerprint density at radius 1 is 1.38 bits per heavy atom. The minimum absolute atomic E-state index is 0.0693. The summed E-state index contributed by atoms with van der Waals surface area (Å²) in [6, 6.07) is 3.60. The second-order valence-electron chi connectivity index (χ2n) is 5.41. The zero-order chi connectivity index (χ0) is 15.4. The van der Waals surface area contributed by atoms with Gasteiger partial charge in [0.2, 0.25) is 0 Å². The first-order chi connectivity index (χ1) is 10.0. The molecule has 0 saturated carbocycles. The van der Waals surface area contributed by atoms with Gasteiger partial charge in [0.25, 0.3) is 5.91 Å². The topological polar surface area (TPSA) is 62.7 Å². The van der Waals surface area contributed by atoms with Crippen LogP contribution in [0.25, 0.3) is 0 Å². The lowest BCUT2D eigenvalue weighted by atomic mass is 9.98. The summed E-state index contributed by atoms with van der Waals surface area (Å²) in [7, 11) is 4.84. The third-order valence-electron chi connectivity index (χ3n) is 3.68. The van der Waals surface area contributed by atoms with Gasteiger partial charge in [-0.3, -0.25) is 9.59 Å². The van der Waals surface area contributed by atoms with Gasteiger partial charge in [-0.25, -0.2) is 4.98 Å². The van der Waals surface area contributed by atoms with Crippen LogP contribution in [0.5, 0.6) is 0 Å². The second kappa shape index (κ2) is 6.56. The maximum Gasteiger partial charge on any atom is 0.310 e. The van der Waals surface area contributed by atoms with Gasteiger partial charge in [-0.2, -0.15) is 0 Å². The van der Waals surface area contributed by atoms with Crippen LogP contribution in [0.15, 0.2) is 18.3 Å². The molecular weight excluding hydrogens is 270 g/mol. The molecule has 6 nitrogen and oxygen atoms in total. The lowest BCUT2D eigenvalue weighted by molar-refractivity contribution is -0.145. The Balaban J connectivity index is 2.08. The number of esters is 1. The summed E-state index contributed by atoms with van der Waals surface area (Å²) >= 11 is 0. The summed E-state index contributed by atoms with van der Waals surface area (Å²) in [5.41, 5.74) is 0.560. The standard InChI is InChI=1S/C15H21N3O3/c1-17(2)14(19)11-6-7-13(16-9-11)18-8-4-5-12(10-18)15(20)21-3/h6-7,9,12H,4-5,8,10H2,1-3H3. The van der Waals surface area contributed by atoms with Crippen molar-refractivity contribution in [1.29, 1.82) is 0 Å². The van der Waals surface area contributed by atoms with Crippen LogP contribution in [0.1, 0.15) is 23.2 Å². The van der Waals surface area contributed by atoms with E-state index < -0.39 is 0 Å². The van der Waals surface area contributed by atoms with Gasteiger partial charge in [0, 0.05) is 33.4 Å². The number of hydrogen-bond donors (Lipinski definition) is 0. The first-order valence-corrected chi connectivity index (χ1v) is 7.03. The Morgan fingerprint density at radius 2 is 2.14 bits per heavy atom. The van der Waals surface area contributed by atoms with E-state index in [0.29, 0.717) is 12.1 Å². The number of methoxy groups -OCH3 is 1. The number of amides is 1. The number of aromatic nitrogens is 1. The molecule has 0 N–H and O–H groups in total. The number of piperidine rings is 1. The number of nitrogens with zero attached hydrogens (tertiary/aromatic N) is 3. The van der Waals surface area contributed by atoms with Gasteiger partial charge in [0.15, 0.2) is 0 Å². The quantitative estimate of drug-likeness (QED) is 0.782. The fourth-order valence-corrected chi connectivity index (χ4v) is 2.50. The zero-order valence-electron chi connectivity index (χ0n) is 12.7. The maximum absolute atomic E-state index is 11.8. The molecule has 1 fully saturated rings. The highest BCUT2D eigenvalue weighted by Crippen LogP contribution is 2.22. The van der Waals surface area contributed by atoms with Crippen molar-refractivity contribution in [2.45, 2.75) is 12.8 Å². The van der Waals surface area contributed by atoms with Crippen molar-refractivity contribution in [3.05, 3.63) is 23.9 Å². The number of hydrogen-bond acceptors (Lipinski definition) is 5. The molecule has 1 unspecified atom stereocenters. The summed E-state index contributed by atoms with van der Waals surface area (Å²) < 4.78 is 4.81. The summed E-state index contributed by atoms with van der Waals surface area (Å²) in [5.74, 6) is 0.451. The van der Waals surface area contributed by atoms with Crippen molar-refractivity contribution < 1.29 is 14.3 Å². The fraction of sp³-hybridized carbons (Fsp3) is 0.533. The molecule has 1 aliphatic heterocycles. The van der Waals surface area contributed by atoms with E-state index in [2.05, 4.69) is 9.88 Å². The molecule has 0 aromatic carbocycles. The average Bonchev–Trinajstić information content (AvgIpc) is 2.53. The van der Waals surface area contributed by atoms with Crippen molar-refractivity contribution in [2.75, 3.05) is 39.2 Å². The summed E-state index contributed by atoms with van der Waals surface area (Å²) in [5, 5.41) is 0. The molecule has 2 rings (SSSR count). The highest BCUT2D eigenvalue weighted by molar-refractivity contribution is 5.93. The Hall–Kier alpha value is -2.11. The molecule has 1 aromatic heterocycles. The Labute approximate surface area is 124 Å². The first-order valence-electron chi connectivity index (χ1n) is 7.03. The molecule has 0 radical (unpaired) electrons. The fourth-order valence-electron chi connectivity index (χ4n) is 2.50. The van der Waals surface area contributed by atoms with E-state index in [1.165, 1.54) is 12.0 Å². The SMILES string of the molecule is COC(=O)C1CCCN(c2ccc(C(=O)N(C)C)cn2)C1. The van der Waals surface area contributed by atoms with Gasteiger partial charge >= 0.3 is 5.97 Å². The minimum Gasteiger partial charge on any atom is -0.469 e. The number of ether oxygens (including phenoxy) is 1. The highest BCUT2D eigenvalue weighted by Gasteiger charge is 2.27. The normalized spacial score (nSPS) is 18.2. The smallest absolute Gasteiger partial charge is 0.310 e. The maximum atomic E-state index is 11.8. The van der Waals surface area contributed by atoms with Crippen LogP contribution in [0.4, 0.5) is 5.82 Å². The lowest BCUT2D eigenvalue weighted by Gasteiger charge is -2.32. The van der Waals surface area contributed by atoms with Gasteiger partial charge in [-0.1, -0.05) is 0 Å². The van der Waals surface area contributed by atoms with Gasteiger partial charge < -0.3 is 14.5 Å². The molecule has 1 saturated heterocycles. The summed E-state index contributed by atoms with van der Waals surface area (Å²) in [6.45, 7) is 1.47. The Morgan fingerprint density at radius 3 is 2.71 bits per heavy atom. The molecule has 1 aliphatic rings. The second-order valence-corrected chi connectivity index (χ2v) is 5.41. The first kappa shape index (κ1) is 15.3. The van der Waals surface area contributed by atoms with Crippen molar-refractivity contribution in [3.8, 4) is 0 Å². The summed E-state index contributed by atoms with van der Waals surface area (Å²) in [6.07, 6.45) is 3.36. The number of carbonyl (C=O) groups excluding carboxylic acids is 2. The third-order valence-corrected chi connectivity index (χ3v) is 3.68. The lowest BCUT2D eigenvalue weighted by Crippen LogP contribution is -2.39. The van der Waals surface area contributed by atoms with Gasteiger partial charge in [-0.05, 0) is 25.0 Å². The highest BCUT2D eigenvalue weighted by atomic mass is 16.5. The number of rotatable bonds is 3. The van der Waals surface area contributed by atoms with E-state index in [4.69, 9.17) is 4.74 Å². The van der Waals surface area contributed by atoms with Crippen molar-refractivity contribution in [1.82, 2.24) is 9.88 Å². The molecule has 1 aromatic rings. The van der Waals surface area contributed by atoms with E-state index in [1.54, 1.807) is 26.4 Å². The minimum atomic E-state index is -0.167.